The molecule has 0 aliphatic carbocycles. The van der Waals surface area contributed by atoms with E-state index in [4.69, 9.17) is 10.5 Å². The van der Waals surface area contributed by atoms with Crippen molar-refractivity contribution in [3.05, 3.63) is 58.1 Å². The number of nitrogens with one attached hydrogen (secondary N) is 1. The first-order valence-corrected chi connectivity index (χ1v) is 7.97. The van der Waals surface area contributed by atoms with Gasteiger partial charge in [0.15, 0.2) is 0 Å². The second-order valence-electron chi connectivity index (χ2n) is 4.02. The lowest BCUT2D eigenvalue weighted by molar-refractivity contribution is 0.601. The van der Waals surface area contributed by atoms with E-state index in [9.17, 15) is 8.42 Å². The quantitative estimate of drug-likeness (QED) is 0.908. The van der Waals surface area contributed by atoms with Crippen molar-refractivity contribution in [2.45, 2.75) is 4.90 Å². The van der Waals surface area contributed by atoms with Crippen molar-refractivity contribution < 1.29 is 8.42 Å². The topological polar surface area (TPSA) is 93.8 Å². The molecule has 0 radical (unpaired) electrons. The van der Waals surface area contributed by atoms with E-state index in [-0.39, 0.29) is 10.5 Å². The Morgan fingerprint density at radius 1 is 1.05 bits per heavy atom. The molecule has 1 N–H and O–H groups in total. The maximum absolute atomic E-state index is 12.3. The first-order valence-electron chi connectivity index (χ1n) is 5.69. The van der Waals surface area contributed by atoms with Crippen molar-refractivity contribution in [1.82, 2.24) is 0 Å². The van der Waals surface area contributed by atoms with E-state index in [1.807, 2.05) is 12.1 Å². The number of nitrogens with zero attached hydrogens (tertiary/aromatic N) is 2. The molecule has 0 atom stereocenters. The molecule has 21 heavy (non-hydrogen) atoms. The van der Waals surface area contributed by atoms with Gasteiger partial charge < -0.3 is 0 Å². The third-order valence-corrected chi connectivity index (χ3v) is 4.72. The highest BCUT2D eigenvalue weighted by atomic mass is 79.9. The van der Waals surface area contributed by atoms with Crippen molar-refractivity contribution in [2.24, 2.45) is 0 Å². The Balaban J connectivity index is 2.44. The molecule has 0 saturated heterocycles. The van der Waals surface area contributed by atoms with Gasteiger partial charge in [0.1, 0.15) is 11.0 Å². The number of benzene rings is 2. The first-order chi connectivity index (χ1) is 9.97. The van der Waals surface area contributed by atoms with Crippen LogP contribution in [0, 0.1) is 22.7 Å². The van der Waals surface area contributed by atoms with E-state index < -0.39 is 10.0 Å². The molecule has 0 unspecified atom stereocenters. The molecule has 0 amide bonds. The fraction of sp³-hybridized carbons (Fsp3) is 0. The molecule has 0 fully saturated rings. The van der Waals surface area contributed by atoms with Crippen LogP contribution in [0.2, 0.25) is 0 Å². The molecule has 0 bridgehead atoms. The van der Waals surface area contributed by atoms with Crippen LogP contribution >= 0.6 is 15.9 Å². The summed E-state index contributed by atoms with van der Waals surface area (Å²) >= 11 is 3.21. The smallest absolute Gasteiger partial charge is 0.263 e. The number of nitriles is 2. The summed E-state index contributed by atoms with van der Waals surface area (Å²) in [6, 6.07) is 14.2. The van der Waals surface area contributed by atoms with Crippen LogP contribution in [0.15, 0.2) is 51.8 Å². The van der Waals surface area contributed by atoms with Crippen LogP contribution < -0.4 is 4.72 Å². The van der Waals surface area contributed by atoms with Gasteiger partial charge in [-0.15, -0.1) is 0 Å². The molecule has 0 aliphatic rings. The maximum Gasteiger partial charge on any atom is 0.263 e. The minimum absolute atomic E-state index is 0.0646. The molecule has 2 aromatic carbocycles. The predicted octanol–water partition coefficient (Wildman–Crippen LogP) is 2.99. The summed E-state index contributed by atoms with van der Waals surface area (Å²) in [6.07, 6.45) is 0. The van der Waals surface area contributed by atoms with Gasteiger partial charge >= 0.3 is 0 Å². The zero-order chi connectivity index (χ0) is 15.5. The molecule has 104 valence electrons. The average Bonchev–Trinajstić information content (AvgIpc) is 2.49. The van der Waals surface area contributed by atoms with E-state index in [1.165, 1.54) is 30.3 Å². The lowest BCUT2D eigenvalue weighted by atomic mass is 10.2. The van der Waals surface area contributed by atoms with E-state index >= 15 is 0 Å². The second kappa shape index (κ2) is 5.96. The SMILES string of the molecule is N#Cc1ccc(NS(=O)(=O)c2ccccc2C#N)c(Br)c1. The van der Waals surface area contributed by atoms with Gasteiger partial charge in [0, 0.05) is 4.47 Å². The average molecular weight is 362 g/mol. The number of hydrogen-bond donors (Lipinski definition) is 1. The molecule has 0 aromatic heterocycles. The summed E-state index contributed by atoms with van der Waals surface area (Å²) in [6.45, 7) is 0. The number of anilines is 1. The number of rotatable bonds is 3. The van der Waals surface area contributed by atoms with E-state index in [2.05, 4.69) is 20.7 Å². The van der Waals surface area contributed by atoms with Gasteiger partial charge in [-0.25, -0.2) is 8.42 Å². The molecule has 0 aliphatic heterocycles. The van der Waals surface area contributed by atoms with Crippen molar-refractivity contribution in [1.29, 1.82) is 10.5 Å². The molecule has 2 aromatic rings. The molecule has 0 saturated carbocycles. The van der Waals surface area contributed by atoms with Crippen molar-refractivity contribution in [2.75, 3.05) is 4.72 Å². The van der Waals surface area contributed by atoms with Crippen LogP contribution in [0.1, 0.15) is 11.1 Å². The highest BCUT2D eigenvalue weighted by Gasteiger charge is 2.19. The van der Waals surface area contributed by atoms with Crippen LogP contribution in [0.3, 0.4) is 0 Å². The van der Waals surface area contributed by atoms with Gasteiger partial charge in [-0.3, -0.25) is 4.72 Å². The van der Waals surface area contributed by atoms with Crippen molar-refractivity contribution >= 4 is 31.6 Å². The van der Waals surface area contributed by atoms with Gasteiger partial charge in [0.25, 0.3) is 10.0 Å². The Labute approximate surface area is 130 Å². The standard InChI is InChI=1S/C14H8BrN3O2S/c15-12-7-10(8-16)5-6-13(12)18-21(19,20)14-4-2-1-3-11(14)9-17/h1-7,18H. The summed E-state index contributed by atoms with van der Waals surface area (Å²) in [7, 11) is -3.88. The summed E-state index contributed by atoms with van der Waals surface area (Å²) in [5.41, 5.74) is 0.763. The molecule has 0 heterocycles. The fourth-order valence-corrected chi connectivity index (χ4v) is 3.51. The maximum atomic E-state index is 12.3. The summed E-state index contributed by atoms with van der Waals surface area (Å²) in [4.78, 5) is -0.0937. The van der Waals surface area contributed by atoms with Gasteiger partial charge in [-0.1, -0.05) is 12.1 Å². The lowest BCUT2D eigenvalue weighted by Crippen LogP contribution is -2.14. The molecular formula is C14H8BrN3O2S. The molecule has 0 spiro atoms. The second-order valence-corrected chi connectivity index (χ2v) is 6.53. The Bertz CT molecular complexity index is 880. The molecule has 2 rings (SSSR count). The van der Waals surface area contributed by atoms with Crippen LogP contribution in [-0.2, 0) is 10.0 Å². The van der Waals surface area contributed by atoms with Crippen LogP contribution in [0.5, 0.6) is 0 Å². The zero-order valence-corrected chi connectivity index (χ0v) is 12.9. The number of hydrogen-bond acceptors (Lipinski definition) is 4. The van der Waals surface area contributed by atoms with Crippen molar-refractivity contribution in [3.63, 3.8) is 0 Å². The van der Waals surface area contributed by atoms with Gasteiger partial charge in [-0.2, -0.15) is 10.5 Å². The summed E-state index contributed by atoms with van der Waals surface area (Å²) in [5, 5.41) is 17.8. The van der Waals surface area contributed by atoms with Crippen LogP contribution in [0.4, 0.5) is 5.69 Å². The molecule has 5 nitrogen and oxygen atoms in total. The largest absolute Gasteiger partial charge is 0.278 e. The summed E-state index contributed by atoms with van der Waals surface area (Å²) in [5.74, 6) is 0. The van der Waals surface area contributed by atoms with Crippen LogP contribution in [0.25, 0.3) is 0 Å². The Morgan fingerprint density at radius 2 is 1.76 bits per heavy atom. The molecule has 7 heteroatoms. The normalized spacial score (nSPS) is 10.4. The molecular weight excluding hydrogens is 354 g/mol. The van der Waals surface area contributed by atoms with E-state index in [0.29, 0.717) is 15.7 Å². The first kappa shape index (κ1) is 15.0. The van der Waals surface area contributed by atoms with Gasteiger partial charge in [-0.05, 0) is 46.3 Å². The minimum Gasteiger partial charge on any atom is -0.278 e. The minimum atomic E-state index is -3.88. The fourth-order valence-electron chi connectivity index (χ4n) is 1.66. The van der Waals surface area contributed by atoms with Gasteiger partial charge in [0.05, 0.1) is 22.9 Å². The monoisotopic (exact) mass is 361 g/mol. The van der Waals surface area contributed by atoms with Crippen molar-refractivity contribution in [3.8, 4) is 12.1 Å². The zero-order valence-electron chi connectivity index (χ0n) is 10.5. The number of sulfonamides is 1. The third kappa shape index (κ3) is 3.22. The van der Waals surface area contributed by atoms with Crippen LogP contribution in [-0.4, -0.2) is 8.42 Å². The Kier molecular flexibility index (Phi) is 4.27. The van der Waals surface area contributed by atoms with Gasteiger partial charge in [0.2, 0.25) is 0 Å². The Hall–Kier alpha value is -2.35. The number of halogens is 1. The highest BCUT2D eigenvalue weighted by molar-refractivity contribution is 9.10. The van der Waals surface area contributed by atoms with E-state index in [0.717, 1.165) is 0 Å². The van der Waals surface area contributed by atoms with E-state index in [1.54, 1.807) is 12.1 Å². The predicted molar refractivity (Wildman–Crippen MR) is 80.8 cm³/mol. The lowest BCUT2D eigenvalue weighted by Gasteiger charge is -2.10. The Morgan fingerprint density at radius 3 is 2.38 bits per heavy atom. The highest BCUT2D eigenvalue weighted by Crippen LogP contribution is 2.26. The summed E-state index contributed by atoms with van der Waals surface area (Å²) < 4.78 is 27.5. The third-order valence-electron chi connectivity index (χ3n) is 2.64.